The number of Topliss-reactive ketones (excluding diaryl/α,β-unsaturated/α-hetero) is 1. The van der Waals surface area contributed by atoms with Crippen molar-refractivity contribution < 1.29 is 19.1 Å². The predicted octanol–water partition coefficient (Wildman–Crippen LogP) is 6.05. The van der Waals surface area contributed by atoms with E-state index in [9.17, 15) is 9.59 Å². The van der Waals surface area contributed by atoms with Crippen molar-refractivity contribution in [3.63, 3.8) is 0 Å². The molecular formula is C28H30ClNO4. The summed E-state index contributed by atoms with van der Waals surface area (Å²) in [7, 11) is 0. The second-order valence-electron chi connectivity index (χ2n) is 8.68. The second-order valence-corrected chi connectivity index (χ2v) is 9.11. The minimum absolute atomic E-state index is 0.0262. The van der Waals surface area contributed by atoms with Crippen molar-refractivity contribution in [1.29, 1.82) is 0 Å². The number of ether oxygens (including phenoxy) is 2. The highest BCUT2D eigenvalue weighted by molar-refractivity contribution is 6.30. The van der Waals surface area contributed by atoms with Gasteiger partial charge < -0.3 is 14.8 Å². The smallest absolute Gasteiger partial charge is 0.336 e. The van der Waals surface area contributed by atoms with Gasteiger partial charge in [0.1, 0.15) is 5.75 Å². The van der Waals surface area contributed by atoms with Crippen LogP contribution in [0.15, 0.2) is 71.1 Å². The van der Waals surface area contributed by atoms with Gasteiger partial charge in [-0.2, -0.15) is 0 Å². The Morgan fingerprint density at radius 3 is 2.53 bits per heavy atom. The Kier molecular flexibility index (Phi) is 7.42. The normalized spacial score (nSPS) is 20.1. The average Bonchev–Trinajstić information content (AvgIpc) is 2.82. The van der Waals surface area contributed by atoms with E-state index in [1.807, 2.05) is 62.4 Å². The predicted molar refractivity (Wildman–Crippen MR) is 133 cm³/mol. The summed E-state index contributed by atoms with van der Waals surface area (Å²) in [5.74, 6) is -0.201. The van der Waals surface area contributed by atoms with E-state index in [4.69, 9.17) is 21.1 Å². The van der Waals surface area contributed by atoms with Crippen LogP contribution in [-0.4, -0.2) is 25.0 Å². The Labute approximate surface area is 205 Å². The zero-order valence-corrected chi connectivity index (χ0v) is 20.6. The topological polar surface area (TPSA) is 64.6 Å². The van der Waals surface area contributed by atoms with Crippen molar-refractivity contribution in [2.24, 2.45) is 0 Å². The molecule has 34 heavy (non-hydrogen) atoms. The van der Waals surface area contributed by atoms with E-state index >= 15 is 0 Å². The third kappa shape index (κ3) is 4.76. The lowest BCUT2D eigenvalue weighted by atomic mass is 9.71. The number of allylic oxidation sites excluding steroid dienone is 3. The van der Waals surface area contributed by atoms with Crippen LogP contribution >= 0.6 is 11.6 Å². The molecule has 1 aliphatic carbocycles. The fourth-order valence-corrected chi connectivity index (χ4v) is 4.99. The van der Waals surface area contributed by atoms with E-state index in [2.05, 4.69) is 5.32 Å². The number of carbonyl (C=O) groups is 2. The van der Waals surface area contributed by atoms with Gasteiger partial charge in [-0.3, -0.25) is 4.79 Å². The van der Waals surface area contributed by atoms with Crippen molar-refractivity contribution in [3.05, 3.63) is 87.2 Å². The minimum Gasteiger partial charge on any atom is -0.493 e. The maximum absolute atomic E-state index is 13.7. The Morgan fingerprint density at radius 1 is 1.09 bits per heavy atom. The van der Waals surface area contributed by atoms with Gasteiger partial charge in [0.05, 0.1) is 24.7 Å². The van der Waals surface area contributed by atoms with Crippen LogP contribution in [0.3, 0.4) is 0 Å². The molecule has 0 saturated carbocycles. The van der Waals surface area contributed by atoms with Crippen LogP contribution in [-0.2, 0) is 14.3 Å². The SMILES string of the molecule is CCCOc1ccccc1[C@H]1C(C(=O)OCC)=C(C)NC2=C1C(=O)C[C@@H](c1ccc(Cl)cc1)C2. The second kappa shape index (κ2) is 10.5. The first-order valence-electron chi connectivity index (χ1n) is 11.8. The van der Waals surface area contributed by atoms with Crippen LogP contribution in [0.5, 0.6) is 5.75 Å². The lowest BCUT2D eigenvalue weighted by molar-refractivity contribution is -0.138. The van der Waals surface area contributed by atoms with E-state index in [0.29, 0.717) is 47.1 Å². The van der Waals surface area contributed by atoms with Gasteiger partial charge in [-0.05, 0) is 56.4 Å². The number of carbonyl (C=O) groups excluding carboxylic acids is 2. The van der Waals surface area contributed by atoms with Crippen molar-refractivity contribution in [2.45, 2.75) is 51.9 Å². The highest BCUT2D eigenvalue weighted by atomic mass is 35.5. The van der Waals surface area contributed by atoms with Crippen LogP contribution in [0.1, 0.15) is 63.0 Å². The van der Waals surface area contributed by atoms with Gasteiger partial charge in [0.15, 0.2) is 5.78 Å². The summed E-state index contributed by atoms with van der Waals surface area (Å²) in [6.07, 6.45) is 1.90. The first-order chi connectivity index (χ1) is 16.4. The molecule has 2 aromatic carbocycles. The third-order valence-electron chi connectivity index (χ3n) is 6.36. The number of hydrogen-bond acceptors (Lipinski definition) is 5. The number of rotatable bonds is 7. The summed E-state index contributed by atoms with van der Waals surface area (Å²) in [6.45, 7) is 6.51. The Morgan fingerprint density at radius 2 is 1.82 bits per heavy atom. The van der Waals surface area contributed by atoms with Gasteiger partial charge in [0.2, 0.25) is 0 Å². The summed E-state index contributed by atoms with van der Waals surface area (Å²) in [5.41, 5.74) is 4.55. The molecule has 0 unspecified atom stereocenters. The molecule has 6 heteroatoms. The zero-order chi connectivity index (χ0) is 24.2. The Hall–Kier alpha value is -3.05. The molecule has 1 N–H and O–H groups in total. The fraction of sp³-hybridized carbons (Fsp3) is 0.357. The van der Waals surface area contributed by atoms with Crippen molar-refractivity contribution in [2.75, 3.05) is 13.2 Å². The molecule has 4 rings (SSSR count). The van der Waals surface area contributed by atoms with E-state index in [0.717, 1.165) is 23.2 Å². The molecule has 0 spiro atoms. The lowest BCUT2D eigenvalue weighted by Gasteiger charge is -2.37. The molecule has 5 nitrogen and oxygen atoms in total. The molecular weight excluding hydrogens is 450 g/mol. The van der Waals surface area contributed by atoms with Gasteiger partial charge in [-0.1, -0.05) is 48.9 Å². The Bertz CT molecular complexity index is 1150. The molecule has 2 aromatic rings. The molecule has 1 heterocycles. The fourth-order valence-electron chi connectivity index (χ4n) is 4.86. The van der Waals surface area contributed by atoms with Gasteiger partial charge in [-0.15, -0.1) is 0 Å². The number of para-hydroxylation sites is 1. The maximum Gasteiger partial charge on any atom is 0.336 e. The van der Waals surface area contributed by atoms with Crippen LogP contribution in [0.2, 0.25) is 5.02 Å². The lowest BCUT2D eigenvalue weighted by Crippen LogP contribution is -2.36. The highest BCUT2D eigenvalue weighted by Crippen LogP contribution is 2.47. The summed E-state index contributed by atoms with van der Waals surface area (Å²) in [5, 5.41) is 4.05. The van der Waals surface area contributed by atoms with Gasteiger partial charge >= 0.3 is 5.97 Å². The molecule has 1 aliphatic heterocycles. The van der Waals surface area contributed by atoms with Crippen LogP contribution in [0.4, 0.5) is 0 Å². The highest BCUT2D eigenvalue weighted by Gasteiger charge is 2.42. The van der Waals surface area contributed by atoms with Crippen LogP contribution in [0, 0.1) is 0 Å². The van der Waals surface area contributed by atoms with E-state index in [1.54, 1.807) is 6.92 Å². The molecule has 0 saturated heterocycles. The molecule has 0 aromatic heterocycles. The molecule has 2 atom stereocenters. The molecule has 2 aliphatic rings. The number of dihydropyridines is 1. The molecule has 0 radical (unpaired) electrons. The monoisotopic (exact) mass is 479 g/mol. The summed E-state index contributed by atoms with van der Waals surface area (Å²) < 4.78 is 11.5. The quantitative estimate of drug-likeness (QED) is 0.489. The van der Waals surface area contributed by atoms with Gasteiger partial charge in [-0.25, -0.2) is 4.79 Å². The van der Waals surface area contributed by atoms with Crippen LogP contribution in [0.25, 0.3) is 0 Å². The van der Waals surface area contributed by atoms with Crippen molar-refractivity contribution in [3.8, 4) is 5.75 Å². The van der Waals surface area contributed by atoms with Crippen molar-refractivity contribution >= 4 is 23.4 Å². The summed E-state index contributed by atoms with van der Waals surface area (Å²) in [4.78, 5) is 26.8. The summed E-state index contributed by atoms with van der Waals surface area (Å²) >= 11 is 6.07. The van der Waals surface area contributed by atoms with E-state index < -0.39 is 11.9 Å². The Balaban J connectivity index is 1.81. The van der Waals surface area contributed by atoms with Crippen LogP contribution < -0.4 is 10.1 Å². The zero-order valence-electron chi connectivity index (χ0n) is 19.8. The standard InChI is InChI=1S/C28H30ClNO4/c1-4-14-34-24-9-7-6-8-21(24)26-25(28(32)33-5-2)17(3)30-22-15-19(16-23(31)27(22)26)18-10-12-20(29)13-11-18/h6-13,19,26,30H,4-5,14-16H2,1-3H3/t19-,26-/m0/s1. The number of ketones is 1. The molecule has 0 bridgehead atoms. The summed E-state index contributed by atoms with van der Waals surface area (Å²) in [6, 6.07) is 15.3. The largest absolute Gasteiger partial charge is 0.493 e. The first-order valence-corrected chi connectivity index (χ1v) is 12.2. The van der Waals surface area contributed by atoms with E-state index in [-0.39, 0.29) is 18.3 Å². The number of hydrogen-bond donors (Lipinski definition) is 1. The van der Waals surface area contributed by atoms with Gasteiger partial charge in [0, 0.05) is 34.0 Å². The van der Waals surface area contributed by atoms with Crippen molar-refractivity contribution in [1.82, 2.24) is 5.32 Å². The molecule has 0 amide bonds. The number of benzene rings is 2. The maximum atomic E-state index is 13.7. The minimum atomic E-state index is -0.540. The molecule has 178 valence electrons. The van der Waals surface area contributed by atoms with E-state index in [1.165, 1.54) is 0 Å². The third-order valence-corrected chi connectivity index (χ3v) is 6.61. The number of nitrogens with one attached hydrogen (secondary N) is 1. The molecule has 0 fully saturated rings. The number of esters is 1. The average molecular weight is 480 g/mol. The first kappa shape index (κ1) is 24.1. The van der Waals surface area contributed by atoms with Gasteiger partial charge in [0.25, 0.3) is 0 Å². The number of halogens is 1.